The van der Waals surface area contributed by atoms with Crippen molar-refractivity contribution < 1.29 is 9.59 Å². The molecule has 1 aromatic rings. The summed E-state index contributed by atoms with van der Waals surface area (Å²) in [5.41, 5.74) is 0.591. The maximum atomic E-state index is 11.8. The fraction of sp³-hybridized carbons (Fsp3) is 0.357. The van der Waals surface area contributed by atoms with Gasteiger partial charge in [-0.05, 0) is 47.3 Å². The summed E-state index contributed by atoms with van der Waals surface area (Å²) in [7, 11) is 0. The number of aromatic nitrogens is 1. The summed E-state index contributed by atoms with van der Waals surface area (Å²) in [6, 6.07) is 3.47. The zero-order valence-corrected chi connectivity index (χ0v) is 12.6. The van der Waals surface area contributed by atoms with Crippen LogP contribution in [0.5, 0.6) is 0 Å². The van der Waals surface area contributed by atoms with Gasteiger partial charge in [0.2, 0.25) is 11.8 Å². The molecule has 1 fully saturated rings. The van der Waals surface area contributed by atoms with Crippen LogP contribution in [0.25, 0.3) is 0 Å². The van der Waals surface area contributed by atoms with Crippen molar-refractivity contribution in [3.63, 3.8) is 0 Å². The van der Waals surface area contributed by atoms with E-state index in [2.05, 4.69) is 26.2 Å². The lowest BCUT2D eigenvalue weighted by Crippen LogP contribution is -2.34. The highest BCUT2D eigenvalue weighted by Crippen LogP contribution is 2.11. The van der Waals surface area contributed by atoms with E-state index in [9.17, 15) is 9.59 Å². The number of rotatable bonds is 3. The van der Waals surface area contributed by atoms with Crippen LogP contribution < -0.4 is 5.32 Å². The first-order valence-electron chi connectivity index (χ1n) is 6.55. The Morgan fingerprint density at radius 3 is 2.60 bits per heavy atom. The Hall–Kier alpha value is -1.69. The van der Waals surface area contributed by atoms with Crippen molar-refractivity contribution in [3.05, 3.63) is 35.1 Å². The van der Waals surface area contributed by atoms with Crippen LogP contribution in [-0.2, 0) is 9.59 Å². The van der Waals surface area contributed by atoms with Crippen LogP contribution in [0.3, 0.4) is 0 Å². The number of piperidine rings is 1. The van der Waals surface area contributed by atoms with E-state index in [1.165, 1.54) is 18.6 Å². The van der Waals surface area contributed by atoms with Gasteiger partial charge >= 0.3 is 0 Å². The molecule has 2 rings (SSSR count). The molecule has 1 N–H and O–H groups in total. The Balaban J connectivity index is 1.85. The maximum Gasteiger partial charge on any atom is 0.248 e. The summed E-state index contributed by atoms with van der Waals surface area (Å²) < 4.78 is 0.700. The van der Waals surface area contributed by atoms with Crippen LogP contribution in [-0.4, -0.2) is 34.8 Å². The molecule has 0 spiro atoms. The Labute approximate surface area is 126 Å². The fourth-order valence-electron chi connectivity index (χ4n) is 2.00. The third-order valence-corrected chi connectivity index (χ3v) is 3.51. The van der Waals surface area contributed by atoms with Gasteiger partial charge in [0, 0.05) is 25.2 Å². The van der Waals surface area contributed by atoms with Crippen molar-refractivity contribution in [1.82, 2.24) is 9.88 Å². The van der Waals surface area contributed by atoms with E-state index in [1.807, 2.05) is 0 Å². The number of hydrogen-bond donors (Lipinski definition) is 1. The average molecular weight is 338 g/mol. The first-order valence-corrected chi connectivity index (χ1v) is 7.34. The molecule has 0 radical (unpaired) electrons. The summed E-state index contributed by atoms with van der Waals surface area (Å²) >= 11 is 3.22. The quantitative estimate of drug-likeness (QED) is 0.680. The predicted molar refractivity (Wildman–Crippen MR) is 80.1 cm³/mol. The van der Waals surface area contributed by atoms with Crippen LogP contribution in [0.1, 0.15) is 19.3 Å². The Morgan fingerprint density at radius 1 is 1.20 bits per heavy atom. The molecule has 0 bridgehead atoms. The lowest BCUT2D eigenvalue weighted by atomic mass is 10.1. The van der Waals surface area contributed by atoms with E-state index >= 15 is 0 Å². The molecule has 0 aliphatic carbocycles. The van der Waals surface area contributed by atoms with Gasteiger partial charge in [-0.1, -0.05) is 0 Å². The average Bonchev–Trinajstić information content (AvgIpc) is 2.48. The number of halogens is 1. The Morgan fingerprint density at radius 2 is 1.95 bits per heavy atom. The molecule has 1 aromatic heterocycles. The molecule has 0 unspecified atom stereocenters. The van der Waals surface area contributed by atoms with E-state index < -0.39 is 0 Å². The second kappa shape index (κ2) is 7.19. The number of likely N-dealkylation sites (tertiary alicyclic amines) is 1. The lowest BCUT2D eigenvalue weighted by molar-refractivity contribution is -0.127. The van der Waals surface area contributed by atoms with Gasteiger partial charge in [-0.15, -0.1) is 0 Å². The van der Waals surface area contributed by atoms with Gasteiger partial charge in [0.15, 0.2) is 0 Å². The van der Waals surface area contributed by atoms with Crippen LogP contribution in [0.4, 0.5) is 5.69 Å². The largest absolute Gasteiger partial charge is 0.339 e. The van der Waals surface area contributed by atoms with Gasteiger partial charge < -0.3 is 10.2 Å². The predicted octanol–water partition coefficient (Wildman–Crippen LogP) is 2.35. The van der Waals surface area contributed by atoms with Crippen molar-refractivity contribution >= 4 is 33.4 Å². The highest BCUT2D eigenvalue weighted by molar-refractivity contribution is 9.10. The number of anilines is 1. The summed E-state index contributed by atoms with van der Waals surface area (Å²) in [4.78, 5) is 29.3. The van der Waals surface area contributed by atoms with Gasteiger partial charge in [-0.25, -0.2) is 4.98 Å². The number of carbonyl (C=O) groups is 2. The highest BCUT2D eigenvalue weighted by atomic mass is 79.9. The van der Waals surface area contributed by atoms with Gasteiger partial charge in [0.1, 0.15) is 4.60 Å². The Kier molecular flexibility index (Phi) is 5.29. The van der Waals surface area contributed by atoms with Crippen molar-refractivity contribution in [2.45, 2.75) is 19.3 Å². The standard InChI is InChI=1S/C14H16BrN3O2/c15-12-5-4-11(10-16-12)17-13(19)6-7-14(20)18-8-2-1-3-9-18/h4-7,10H,1-3,8-9H2,(H,17,19)/b7-6-. The van der Waals surface area contributed by atoms with Crippen molar-refractivity contribution in [3.8, 4) is 0 Å². The van der Waals surface area contributed by atoms with Crippen molar-refractivity contribution in [2.24, 2.45) is 0 Å². The monoisotopic (exact) mass is 337 g/mol. The third-order valence-electron chi connectivity index (χ3n) is 3.04. The molecule has 106 valence electrons. The topological polar surface area (TPSA) is 62.3 Å². The normalized spacial score (nSPS) is 15.3. The molecule has 2 heterocycles. The third kappa shape index (κ3) is 4.45. The smallest absolute Gasteiger partial charge is 0.248 e. The molecule has 2 amide bonds. The minimum atomic E-state index is -0.334. The van der Waals surface area contributed by atoms with E-state index in [4.69, 9.17) is 0 Å². The molecule has 0 saturated carbocycles. The minimum absolute atomic E-state index is 0.103. The van der Waals surface area contributed by atoms with Gasteiger partial charge in [-0.2, -0.15) is 0 Å². The molecule has 0 aromatic carbocycles. The minimum Gasteiger partial charge on any atom is -0.339 e. The summed E-state index contributed by atoms with van der Waals surface area (Å²) in [6.45, 7) is 1.56. The summed E-state index contributed by atoms with van der Waals surface area (Å²) in [5, 5.41) is 2.65. The SMILES string of the molecule is O=C(/C=C\C(=O)N1CCCCC1)Nc1ccc(Br)nc1. The molecule has 1 aliphatic rings. The maximum absolute atomic E-state index is 11.8. The van der Waals surface area contributed by atoms with Crippen LogP contribution >= 0.6 is 15.9 Å². The van der Waals surface area contributed by atoms with Crippen LogP contribution in [0.2, 0.25) is 0 Å². The fourth-order valence-corrected chi connectivity index (χ4v) is 2.23. The molecular weight excluding hydrogens is 322 g/mol. The first-order chi connectivity index (χ1) is 9.65. The molecule has 0 atom stereocenters. The molecule has 20 heavy (non-hydrogen) atoms. The molecule has 1 saturated heterocycles. The number of amides is 2. The van der Waals surface area contributed by atoms with Gasteiger partial charge in [0.25, 0.3) is 0 Å². The highest BCUT2D eigenvalue weighted by Gasteiger charge is 2.13. The van der Waals surface area contributed by atoms with Crippen molar-refractivity contribution in [2.75, 3.05) is 18.4 Å². The molecule has 6 heteroatoms. The molecular formula is C14H16BrN3O2. The summed E-state index contributed by atoms with van der Waals surface area (Å²) in [5.74, 6) is -0.437. The number of nitrogens with one attached hydrogen (secondary N) is 1. The van der Waals surface area contributed by atoms with Crippen molar-refractivity contribution in [1.29, 1.82) is 0 Å². The second-order valence-electron chi connectivity index (χ2n) is 4.58. The van der Waals surface area contributed by atoms with E-state index in [1.54, 1.807) is 23.2 Å². The van der Waals surface area contributed by atoms with Crippen LogP contribution in [0.15, 0.2) is 35.1 Å². The van der Waals surface area contributed by atoms with Gasteiger partial charge in [0.05, 0.1) is 11.9 Å². The van der Waals surface area contributed by atoms with E-state index in [0.717, 1.165) is 25.9 Å². The second-order valence-corrected chi connectivity index (χ2v) is 5.39. The first kappa shape index (κ1) is 14.7. The van der Waals surface area contributed by atoms with Gasteiger partial charge in [-0.3, -0.25) is 9.59 Å². The number of hydrogen-bond acceptors (Lipinski definition) is 3. The lowest BCUT2D eigenvalue weighted by Gasteiger charge is -2.25. The van der Waals surface area contributed by atoms with Crippen LogP contribution in [0, 0.1) is 0 Å². The van der Waals surface area contributed by atoms with E-state index in [0.29, 0.717) is 10.3 Å². The zero-order valence-electron chi connectivity index (χ0n) is 11.0. The number of nitrogens with zero attached hydrogens (tertiary/aromatic N) is 2. The zero-order chi connectivity index (χ0) is 14.4. The molecule has 1 aliphatic heterocycles. The number of carbonyl (C=O) groups excluding carboxylic acids is 2. The van der Waals surface area contributed by atoms with E-state index in [-0.39, 0.29) is 11.8 Å². The molecule has 5 nitrogen and oxygen atoms in total. The summed E-state index contributed by atoms with van der Waals surface area (Å²) in [6.07, 6.45) is 7.38. The Bertz CT molecular complexity index is 508. The number of pyridine rings is 1.